The molecular weight excluding hydrogens is 408 g/mol. The quantitative estimate of drug-likeness (QED) is 0.598. The van der Waals surface area contributed by atoms with E-state index in [0.717, 1.165) is 15.7 Å². The van der Waals surface area contributed by atoms with Crippen molar-refractivity contribution in [1.82, 2.24) is 9.88 Å². The van der Waals surface area contributed by atoms with Gasteiger partial charge in [0.25, 0.3) is 5.91 Å². The number of amides is 1. The summed E-state index contributed by atoms with van der Waals surface area (Å²) in [5.41, 5.74) is 2.33. The Bertz CT molecular complexity index is 904. The van der Waals surface area contributed by atoms with E-state index in [9.17, 15) is 9.59 Å². The monoisotopic (exact) mass is 426 g/mol. The number of benzene rings is 2. The third-order valence-electron chi connectivity index (χ3n) is 4.21. The Kier molecular flexibility index (Phi) is 6.08. The van der Waals surface area contributed by atoms with Crippen molar-refractivity contribution in [2.75, 3.05) is 7.11 Å². The first-order valence-electron chi connectivity index (χ1n) is 8.43. The van der Waals surface area contributed by atoms with Crippen molar-refractivity contribution in [2.45, 2.75) is 12.5 Å². The van der Waals surface area contributed by atoms with Crippen LogP contribution in [0.5, 0.6) is 0 Å². The molecular formula is C21H19BrN2O3. The molecule has 0 radical (unpaired) electrons. The zero-order valence-corrected chi connectivity index (χ0v) is 16.3. The number of hydrogen-bond acceptors (Lipinski definition) is 3. The second kappa shape index (κ2) is 8.68. The van der Waals surface area contributed by atoms with E-state index in [2.05, 4.69) is 21.2 Å². The second-order valence-electron chi connectivity index (χ2n) is 6.00. The van der Waals surface area contributed by atoms with Gasteiger partial charge in [-0.25, -0.2) is 0 Å². The van der Waals surface area contributed by atoms with Gasteiger partial charge in [-0.15, -0.1) is 0 Å². The molecule has 0 saturated heterocycles. The largest absolute Gasteiger partial charge is 0.469 e. The van der Waals surface area contributed by atoms with Crippen LogP contribution >= 0.6 is 15.9 Å². The van der Waals surface area contributed by atoms with Gasteiger partial charge in [0, 0.05) is 28.1 Å². The maximum atomic E-state index is 12.7. The van der Waals surface area contributed by atoms with Crippen LogP contribution in [-0.2, 0) is 9.53 Å². The number of nitrogens with zero attached hydrogens (tertiary/aromatic N) is 1. The molecule has 0 bridgehead atoms. The van der Waals surface area contributed by atoms with Gasteiger partial charge in [0.15, 0.2) is 0 Å². The van der Waals surface area contributed by atoms with Crippen LogP contribution in [0.3, 0.4) is 0 Å². The summed E-state index contributed by atoms with van der Waals surface area (Å²) in [6.07, 6.45) is 3.94. The van der Waals surface area contributed by atoms with E-state index in [1.807, 2.05) is 65.5 Å². The number of hydrogen-bond donors (Lipinski definition) is 1. The average Bonchev–Trinajstić information content (AvgIpc) is 3.23. The smallest absolute Gasteiger partial charge is 0.307 e. The van der Waals surface area contributed by atoms with Crippen LogP contribution in [0.1, 0.15) is 28.4 Å². The van der Waals surface area contributed by atoms with E-state index >= 15 is 0 Å². The zero-order valence-electron chi connectivity index (χ0n) is 14.8. The molecule has 27 heavy (non-hydrogen) atoms. The molecule has 0 spiro atoms. The van der Waals surface area contributed by atoms with Crippen LogP contribution in [0, 0.1) is 0 Å². The molecule has 6 heteroatoms. The van der Waals surface area contributed by atoms with Crippen molar-refractivity contribution >= 4 is 27.8 Å². The van der Waals surface area contributed by atoms with Gasteiger partial charge in [0.05, 0.1) is 19.6 Å². The molecule has 3 rings (SSSR count). The Morgan fingerprint density at radius 3 is 2.26 bits per heavy atom. The molecule has 0 fully saturated rings. The summed E-state index contributed by atoms with van der Waals surface area (Å²) < 4.78 is 7.66. The number of carbonyl (C=O) groups is 2. The Morgan fingerprint density at radius 2 is 1.67 bits per heavy atom. The lowest BCUT2D eigenvalue weighted by atomic mass is 10.0. The summed E-state index contributed by atoms with van der Waals surface area (Å²) >= 11 is 3.39. The minimum absolute atomic E-state index is 0.0608. The van der Waals surface area contributed by atoms with Gasteiger partial charge in [-0.05, 0) is 54.1 Å². The fourth-order valence-corrected chi connectivity index (χ4v) is 2.99. The van der Waals surface area contributed by atoms with Crippen molar-refractivity contribution in [3.63, 3.8) is 0 Å². The number of rotatable bonds is 6. The first kappa shape index (κ1) is 18.9. The SMILES string of the molecule is COC(=O)CC(NC(=O)c1ccc(-n2cccc2)cc1)c1ccc(Br)cc1. The Hall–Kier alpha value is -2.86. The van der Waals surface area contributed by atoms with Gasteiger partial charge < -0.3 is 14.6 Å². The number of methoxy groups -OCH3 is 1. The van der Waals surface area contributed by atoms with Gasteiger partial charge in [0.2, 0.25) is 0 Å². The molecule has 1 amide bonds. The standard InChI is InChI=1S/C21H19BrN2O3/c1-27-20(25)14-19(15-4-8-17(22)9-5-15)23-21(26)16-6-10-18(11-7-16)24-12-2-3-13-24/h2-13,19H,14H2,1H3,(H,23,26). The Labute approximate surface area is 166 Å². The van der Waals surface area contributed by atoms with Crippen molar-refractivity contribution in [3.05, 3.63) is 88.7 Å². The topological polar surface area (TPSA) is 60.3 Å². The first-order chi connectivity index (χ1) is 13.1. The van der Waals surface area contributed by atoms with E-state index in [0.29, 0.717) is 5.56 Å². The average molecular weight is 427 g/mol. The van der Waals surface area contributed by atoms with Gasteiger partial charge in [-0.2, -0.15) is 0 Å². The molecule has 1 atom stereocenters. The number of nitrogens with one attached hydrogen (secondary N) is 1. The van der Waals surface area contributed by atoms with E-state index in [-0.39, 0.29) is 18.3 Å². The minimum Gasteiger partial charge on any atom is -0.469 e. The highest BCUT2D eigenvalue weighted by Crippen LogP contribution is 2.21. The van der Waals surface area contributed by atoms with Crippen LogP contribution in [0.2, 0.25) is 0 Å². The van der Waals surface area contributed by atoms with Crippen LogP contribution in [0.15, 0.2) is 77.5 Å². The predicted octanol–water partition coefficient (Wildman–Crippen LogP) is 4.27. The van der Waals surface area contributed by atoms with E-state index in [1.165, 1.54) is 7.11 Å². The summed E-state index contributed by atoms with van der Waals surface area (Å²) in [6, 6.07) is 18.2. The highest BCUT2D eigenvalue weighted by atomic mass is 79.9. The summed E-state index contributed by atoms with van der Waals surface area (Å²) in [5, 5.41) is 2.93. The van der Waals surface area contributed by atoms with Gasteiger partial charge in [-0.3, -0.25) is 9.59 Å². The number of halogens is 1. The lowest BCUT2D eigenvalue weighted by molar-refractivity contribution is -0.141. The van der Waals surface area contributed by atoms with Gasteiger partial charge >= 0.3 is 5.97 Å². The maximum Gasteiger partial charge on any atom is 0.307 e. The highest BCUT2D eigenvalue weighted by Gasteiger charge is 2.19. The molecule has 138 valence electrons. The fraction of sp³-hybridized carbons (Fsp3) is 0.143. The number of carbonyl (C=O) groups excluding carboxylic acids is 2. The zero-order chi connectivity index (χ0) is 19.2. The molecule has 5 nitrogen and oxygen atoms in total. The second-order valence-corrected chi connectivity index (χ2v) is 6.91. The van der Waals surface area contributed by atoms with Crippen molar-refractivity contribution in [2.24, 2.45) is 0 Å². The summed E-state index contributed by atoms with van der Waals surface area (Å²) in [7, 11) is 1.34. The van der Waals surface area contributed by atoms with Crippen molar-refractivity contribution in [3.8, 4) is 5.69 Å². The summed E-state index contributed by atoms with van der Waals surface area (Å²) in [6.45, 7) is 0. The lowest BCUT2D eigenvalue weighted by Gasteiger charge is -2.18. The Balaban J connectivity index is 1.77. The number of esters is 1. The molecule has 1 heterocycles. The van der Waals surface area contributed by atoms with E-state index < -0.39 is 6.04 Å². The predicted molar refractivity (Wildman–Crippen MR) is 107 cm³/mol. The van der Waals surface area contributed by atoms with Crippen LogP contribution < -0.4 is 5.32 Å². The minimum atomic E-state index is -0.470. The van der Waals surface area contributed by atoms with Crippen molar-refractivity contribution in [1.29, 1.82) is 0 Å². The van der Waals surface area contributed by atoms with Crippen LogP contribution in [-0.4, -0.2) is 23.6 Å². The first-order valence-corrected chi connectivity index (χ1v) is 9.22. The summed E-state index contributed by atoms with van der Waals surface area (Å²) in [5.74, 6) is -0.628. The number of ether oxygens (including phenoxy) is 1. The number of aromatic nitrogens is 1. The van der Waals surface area contributed by atoms with Crippen LogP contribution in [0.4, 0.5) is 0 Å². The molecule has 0 aliphatic carbocycles. The van der Waals surface area contributed by atoms with Gasteiger partial charge in [-0.1, -0.05) is 28.1 Å². The third-order valence-corrected chi connectivity index (χ3v) is 4.74. The molecule has 3 aromatic rings. The molecule has 1 N–H and O–H groups in total. The molecule has 0 aliphatic heterocycles. The molecule has 1 aromatic heterocycles. The third kappa shape index (κ3) is 4.86. The molecule has 2 aromatic carbocycles. The Morgan fingerprint density at radius 1 is 1.04 bits per heavy atom. The molecule has 0 saturated carbocycles. The highest BCUT2D eigenvalue weighted by molar-refractivity contribution is 9.10. The normalized spacial score (nSPS) is 11.6. The molecule has 1 unspecified atom stereocenters. The van der Waals surface area contributed by atoms with Gasteiger partial charge in [0.1, 0.15) is 0 Å². The fourth-order valence-electron chi connectivity index (χ4n) is 2.73. The lowest BCUT2D eigenvalue weighted by Crippen LogP contribution is -2.30. The van der Waals surface area contributed by atoms with E-state index in [4.69, 9.17) is 4.74 Å². The molecule has 0 aliphatic rings. The maximum absolute atomic E-state index is 12.7. The van der Waals surface area contributed by atoms with Crippen molar-refractivity contribution < 1.29 is 14.3 Å². The summed E-state index contributed by atoms with van der Waals surface area (Å²) in [4.78, 5) is 24.5. The van der Waals surface area contributed by atoms with E-state index in [1.54, 1.807) is 12.1 Å². The van der Waals surface area contributed by atoms with Crippen LogP contribution in [0.25, 0.3) is 5.69 Å².